The van der Waals surface area contributed by atoms with Crippen molar-refractivity contribution in [3.05, 3.63) is 30.9 Å². The van der Waals surface area contributed by atoms with Crippen LogP contribution >= 0.6 is 0 Å². The Morgan fingerprint density at radius 1 is 1.26 bits per heavy atom. The largest absolute Gasteiger partial charge is 0.368 e. The highest BCUT2D eigenvalue weighted by molar-refractivity contribution is 7.90. The van der Waals surface area contributed by atoms with E-state index in [9.17, 15) is 8.42 Å². The Hall–Kier alpha value is -2.75. The van der Waals surface area contributed by atoms with Gasteiger partial charge in [0.25, 0.3) is 0 Å². The van der Waals surface area contributed by atoms with Gasteiger partial charge in [-0.1, -0.05) is 0 Å². The molecule has 3 rings (SSSR count). The third kappa shape index (κ3) is 3.37. The highest BCUT2D eigenvalue weighted by Gasteiger charge is 2.12. The molecular weight excluding hydrogens is 318 g/mol. The molecule has 0 amide bonds. The Labute approximate surface area is 132 Å². The lowest BCUT2D eigenvalue weighted by atomic mass is 10.3. The first-order chi connectivity index (χ1) is 10.9. The number of imidazole rings is 1. The van der Waals surface area contributed by atoms with Gasteiger partial charge in [-0.2, -0.15) is 0 Å². The maximum absolute atomic E-state index is 11.2. The van der Waals surface area contributed by atoms with Gasteiger partial charge in [0.2, 0.25) is 5.95 Å². The molecule has 23 heavy (non-hydrogen) atoms. The molecule has 0 aromatic carbocycles. The number of nitrogen functional groups attached to an aromatic ring is 1. The van der Waals surface area contributed by atoms with Crippen LogP contribution in [-0.2, 0) is 9.84 Å². The summed E-state index contributed by atoms with van der Waals surface area (Å²) < 4.78 is 24.2. The minimum Gasteiger partial charge on any atom is -0.368 e. The van der Waals surface area contributed by atoms with Crippen LogP contribution in [0.3, 0.4) is 0 Å². The molecule has 3 aromatic heterocycles. The van der Waals surface area contributed by atoms with E-state index in [1.165, 1.54) is 6.26 Å². The molecule has 0 saturated carbocycles. The summed E-state index contributed by atoms with van der Waals surface area (Å²) in [4.78, 5) is 16.6. The fourth-order valence-electron chi connectivity index (χ4n) is 2.10. The van der Waals surface area contributed by atoms with Crippen LogP contribution in [0.4, 0.5) is 11.8 Å². The molecule has 0 fully saturated rings. The Kier molecular flexibility index (Phi) is 3.82. The van der Waals surface area contributed by atoms with Crippen LogP contribution in [0.2, 0.25) is 0 Å². The van der Waals surface area contributed by atoms with Crippen molar-refractivity contribution in [2.45, 2.75) is 0 Å². The van der Waals surface area contributed by atoms with Crippen LogP contribution in [0.15, 0.2) is 30.9 Å². The Balaban J connectivity index is 1.94. The lowest BCUT2D eigenvalue weighted by Gasteiger charge is -2.07. The number of rotatable bonds is 5. The molecular formula is C13H15N7O2S. The molecule has 9 nitrogen and oxygen atoms in total. The number of anilines is 2. The quantitative estimate of drug-likeness (QED) is 0.679. The van der Waals surface area contributed by atoms with E-state index in [1.54, 1.807) is 35.3 Å². The second kappa shape index (κ2) is 5.80. The summed E-state index contributed by atoms with van der Waals surface area (Å²) in [7, 11) is -3.04. The minimum absolute atomic E-state index is 0.0196. The number of hydrogen-bond donors (Lipinski definition) is 2. The summed E-state index contributed by atoms with van der Waals surface area (Å²) in [6, 6.07) is 1.73. The summed E-state index contributed by atoms with van der Waals surface area (Å²) in [6.07, 6.45) is 7.77. The van der Waals surface area contributed by atoms with Crippen molar-refractivity contribution in [3.8, 4) is 11.4 Å². The van der Waals surface area contributed by atoms with E-state index >= 15 is 0 Å². The number of aromatic nitrogens is 5. The molecule has 0 aliphatic carbocycles. The summed E-state index contributed by atoms with van der Waals surface area (Å²) >= 11 is 0. The molecule has 0 bridgehead atoms. The van der Waals surface area contributed by atoms with E-state index in [2.05, 4.69) is 25.3 Å². The zero-order valence-corrected chi connectivity index (χ0v) is 13.2. The highest BCUT2D eigenvalue weighted by atomic mass is 32.2. The first-order valence-electron chi connectivity index (χ1n) is 6.76. The second-order valence-corrected chi connectivity index (χ2v) is 7.23. The molecule has 3 heterocycles. The number of fused-ring (bicyclic) bond motifs is 1. The van der Waals surface area contributed by atoms with Crippen LogP contribution in [0.1, 0.15) is 0 Å². The zero-order chi connectivity index (χ0) is 16.4. The van der Waals surface area contributed by atoms with Gasteiger partial charge in [0.1, 0.15) is 9.84 Å². The molecule has 3 N–H and O–H groups in total. The van der Waals surface area contributed by atoms with E-state index in [-0.39, 0.29) is 18.2 Å². The molecule has 0 radical (unpaired) electrons. The van der Waals surface area contributed by atoms with Gasteiger partial charge in [-0.3, -0.25) is 4.40 Å². The molecule has 120 valence electrons. The van der Waals surface area contributed by atoms with Crippen molar-refractivity contribution >= 4 is 27.3 Å². The van der Waals surface area contributed by atoms with Gasteiger partial charge >= 0.3 is 0 Å². The predicted molar refractivity (Wildman–Crippen MR) is 86.6 cm³/mol. The molecule has 0 unspecified atom stereocenters. The van der Waals surface area contributed by atoms with Crippen molar-refractivity contribution in [2.75, 3.05) is 29.6 Å². The lowest BCUT2D eigenvalue weighted by molar-refractivity contribution is 0.602. The number of sulfone groups is 1. The minimum atomic E-state index is -3.04. The predicted octanol–water partition coefficient (Wildman–Crippen LogP) is 0.225. The number of nitrogens with one attached hydrogen (secondary N) is 1. The van der Waals surface area contributed by atoms with E-state index < -0.39 is 9.84 Å². The average molecular weight is 333 g/mol. The Morgan fingerprint density at radius 2 is 2.09 bits per heavy atom. The van der Waals surface area contributed by atoms with Crippen LogP contribution in [0.25, 0.3) is 17.0 Å². The van der Waals surface area contributed by atoms with Gasteiger partial charge in [-0.15, -0.1) is 0 Å². The Morgan fingerprint density at radius 3 is 2.83 bits per heavy atom. The number of nitrogens with zero attached hydrogens (tertiary/aromatic N) is 5. The molecule has 0 aliphatic rings. The monoisotopic (exact) mass is 333 g/mol. The molecule has 0 saturated heterocycles. The van der Waals surface area contributed by atoms with Crippen molar-refractivity contribution < 1.29 is 8.42 Å². The third-order valence-electron chi connectivity index (χ3n) is 3.13. The topological polar surface area (TPSA) is 128 Å². The molecule has 3 aromatic rings. The van der Waals surface area contributed by atoms with Crippen LogP contribution in [-0.4, -0.2) is 51.3 Å². The van der Waals surface area contributed by atoms with Crippen LogP contribution in [0.5, 0.6) is 0 Å². The number of hydrogen-bond acceptors (Lipinski definition) is 8. The van der Waals surface area contributed by atoms with Gasteiger partial charge in [-0.25, -0.2) is 28.4 Å². The molecule has 10 heteroatoms. The average Bonchev–Trinajstić information content (AvgIpc) is 2.91. The highest BCUT2D eigenvalue weighted by Crippen LogP contribution is 2.21. The molecule has 0 atom stereocenters. The SMILES string of the molecule is CS(=O)(=O)CCNc1nccn2c(-c3ccnc(N)n3)cnc12. The maximum atomic E-state index is 11.2. The fourth-order valence-corrected chi connectivity index (χ4v) is 2.58. The Bertz CT molecular complexity index is 952. The van der Waals surface area contributed by atoms with Gasteiger partial charge in [0, 0.05) is 31.4 Å². The van der Waals surface area contributed by atoms with Crippen LogP contribution < -0.4 is 11.1 Å². The van der Waals surface area contributed by atoms with Gasteiger partial charge in [0.15, 0.2) is 11.5 Å². The summed E-state index contributed by atoms with van der Waals surface area (Å²) in [5.74, 6) is 0.702. The zero-order valence-electron chi connectivity index (χ0n) is 12.3. The van der Waals surface area contributed by atoms with Gasteiger partial charge < -0.3 is 11.1 Å². The second-order valence-electron chi connectivity index (χ2n) is 4.97. The molecule has 0 spiro atoms. The maximum Gasteiger partial charge on any atom is 0.220 e. The third-order valence-corrected chi connectivity index (χ3v) is 4.08. The summed E-state index contributed by atoms with van der Waals surface area (Å²) in [5, 5.41) is 2.99. The van der Waals surface area contributed by atoms with Gasteiger partial charge in [-0.05, 0) is 6.07 Å². The fraction of sp³-hybridized carbons (Fsp3) is 0.231. The van der Waals surface area contributed by atoms with Crippen molar-refractivity contribution in [3.63, 3.8) is 0 Å². The van der Waals surface area contributed by atoms with E-state index in [0.29, 0.717) is 17.2 Å². The first-order valence-corrected chi connectivity index (χ1v) is 8.83. The number of nitrogens with two attached hydrogens (primary N) is 1. The van der Waals surface area contributed by atoms with E-state index in [4.69, 9.17) is 5.73 Å². The van der Waals surface area contributed by atoms with Gasteiger partial charge in [0.05, 0.1) is 23.3 Å². The van der Waals surface area contributed by atoms with E-state index in [1.807, 2.05) is 0 Å². The summed E-state index contributed by atoms with van der Waals surface area (Å²) in [6.45, 7) is 0.258. The lowest BCUT2D eigenvalue weighted by Crippen LogP contribution is -2.15. The van der Waals surface area contributed by atoms with Crippen molar-refractivity contribution in [2.24, 2.45) is 0 Å². The normalized spacial score (nSPS) is 11.7. The standard InChI is InChI=1S/C13H15N7O2S/c1-23(21,22)7-5-16-11-12-18-8-10(20(12)6-4-15-11)9-2-3-17-13(14)19-9/h2-4,6,8H,5,7H2,1H3,(H,15,16)(H2,14,17,19). The van der Waals surface area contributed by atoms with Crippen LogP contribution in [0, 0.1) is 0 Å². The van der Waals surface area contributed by atoms with Crippen molar-refractivity contribution in [1.82, 2.24) is 24.3 Å². The van der Waals surface area contributed by atoms with Crippen molar-refractivity contribution in [1.29, 1.82) is 0 Å². The first kappa shape index (κ1) is 15.2. The smallest absolute Gasteiger partial charge is 0.220 e. The molecule has 0 aliphatic heterocycles. The summed E-state index contributed by atoms with van der Waals surface area (Å²) in [5.41, 5.74) is 7.56. The van der Waals surface area contributed by atoms with E-state index in [0.717, 1.165) is 5.69 Å².